The summed E-state index contributed by atoms with van der Waals surface area (Å²) in [6.45, 7) is 0. The molecule has 13 rings (SSSR count). The van der Waals surface area contributed by atoms with Crippen molar-refractivity contribution in [2.45, 2.75) is 18.3 Å². The van der Waals surface area contributed by atoms with E-state index >= 15 is 0 Å². The Hall–Kier alpha value is -8.78. The highest BCUT2D eigenvalue weighted by atomic mass is 14.8. The molecule has 330 valence electrons. The van der Waals surface area contributed by atoms with Gasteiger partial charge in [0.2, 0.25) is 0 Å². The van der Waals surface area contributed by atoms with Gasteiger partial charge in [0.15, 0.2) is 0 Å². The van der Waals surface area contributed by atoms with Crippen LogP contribution in [0.25, 0.3) is 83.1 Å². The third-order valence-electron chi connectivity index (χ3n) is 14.9. The minimum atomic E-state index is -0.460. The predicted molar refractivity (Wildman–Crippen MR) is 299 cm³/mol. The van der Waals surface area contributed by atoms with Gasteiger partial charge in [-0.25, -0.2) is 0 Å². The molecule has 0 atom stereocenters. The zero-order valence-electron chi connectivity index (χ0n) is 38.8. The van der Waals surface area contributed by atoms with Crippen LogP contribution in [-0.4, -0.2) is 0 Å². The van der Waals surface area contributed by atoms with Gasteiger partial charge in [-0.1, -0.05) is 225 Å². The molecule has 0 fully saturated rings. The lowest BCUT2D eigenvalue weighted by atomic mass is 9.67. The largest absolute Gasteiger partial charge is 0.362 e. The van der Waals surface area contributed by atoms with Crippen molar-refractivity contribution in [2.75, 3.05) is 5.32 Å². The highest BCUT2D eigenvalue weighted by Gasteiger charge is 2.45. The van der Waals surface area contributed by atoms with Crippen LogP contribution in [-0.2, 0) is 11.8 Å². The first-order valence-corrected chi connectivity index (χ1v) is 24.5. The van der Waals surface area contributed by atoms with E-state index in [-0.39, 0.29) is 0 Å². The monoisotopic (exact) mass is 891 g/mol. The molecule has 0 saturated heterocycles. The zero-order valence-corrected chi connectivity index (χ0v) is 38.8. The number of allylic oxidation sites excluding steroid dienone is 5. The zero-order chi connectivity index (χ0) is 46.4. The van der Waals surface area contributed by atoms with Crippen molar-refractivity contribution >= 4 is 66.5 Å². The van der Waals surface area contributed by atoms with Crippen LogP contribution in [0.1, 0.15) is 50.9 Å². The first-order valence-electron chi connectivity index (χ1n) is 24.5. The Bertz CT molecular complexity index is 3870. The van der Waals surface area contributed by atoms with Crippen LogP contribution in [0.4, 0.5) is 5.69 Å². The third-order valence-corrected chi connectivity index (χ3v) is 14.9. The Morgan fingerprint density at radius 3 is 1.84 bits per heavy atom. The van der Waals surface area contributed by atoms with Gasteiger partial charge in [-0.05, 0) is 165 Å². The molecule has 11 aromatic rings. The van der Waals surface area contributed by atoms with Crippen molar-refractivity contribution in [1.82, 2.24) is 0 Å². The number of hydrogen-bond donors (Lipinski definition) is 1. The number of benzene rings is 11. The van der Waals surface area contributed by atoms with Crippen LogP contribution in [0, 0.1) is 0 Å². The Morgan fingerprint density at radius 2 is 1.10 bits per heavy atom. The molecule has 0 spiro atoms. The number of aryl methyl sites for hydroxylation is 1. The topological polar surface area (TPSA) is 12.0 Å². The summed E-state index contributed by atoms with van der Waals surface area (Å²) >= 11 is 0. The fourth-order valence-electron chi connectivity index (χ4n) is 11.6. The minimum Gasteiger partial charge on any atom is -0.362 e. The average Bonchev–Trinajstić information content (AvgIpc) is 3.73. The lowest BCUT2D eigenvalue weighted by Gasteiger charge is -2.34. The van der Waals surface area contributed by atoms with Gasteiger partial charge in [-0.3, -0.25) is 0 Å². The maximum Gasteiger partial charge on any atom is 0.0713 e. The molecule has 2 aliphatic rings. The van der Waals surface area contributed by atoms with Crippen molar-refractivity contribution in [3.63, 3.8) is 0 Å². The fourth-order valence-corrected chi connectivity index (χ4v) is 11.6. The molecule has 11 aromatic carbocycles. The van der Waals surface area contributed by atoms with Gasteiger partial charge < -0.3 is 5.32 Å². The van der Waals surface area contributed by atoms with Crippen molar-refractivity contribution in [1.29, 1.82) is 0 Å². The number of fused-ring (bicyclic) bond motifs is 12. The summed E-state index contributed by atoms with van der Waals surface area (Å²) in [5.41, 5.74) is 17.0. The molecule has 1 nitrogen and oxygen atoms in total. The lowest BCUT2D eigenvalue weighted by molar-refractivity contribution is 0.768. The highest BCUT2D eigenvalue weighted by molar-refractivity contribution is 6.25. The number of nitrogens with one attached hydrogen (secondary N) is 1. The molecule has 0 heterocycles. The van der Waals surface area contributed by atoms with Crippen LogP contribution in [0.2, 0.25) is 0 Å². The Kier molecular flexibility index (Phi) is 10.3. The Labute approximate surface area is 409 Å². The smallest absolute Gasteiger partial charge is 0.0713 e. The Balaban J connectivity index is 0.874. The summed E-state index contributed by atoms with van der Waals surface area (Å²) in [5.74, 6) is 0. The highest BCUT2D eigenvalue weighted by Crippen LogP contribution is 2.56. The van der Waals surface area contributed by atoms with Crippen LogP contribution < -0.4 is 5.32 Å². The van der Waals surface area contributed by atoms with Gasteiger partial charge in [-0.2, -0.15) is 0 Å². The van der Waals surface area contributed by atoms with Gasteiger partial charge in [0, 0.05) is 11.9 Å². The molecule has 0 amide bonds. The summed E-state index contributed by atoms with van der Waals surface area (Å²) < 4.78 is 0. The van der Waals surface area contributed by atoms with Gasteiger partial charge in [0.05, 0.1) is 5.41 Å². The minimum absolute atomic E-state index is 0.460. The van der Waals surface area contributed by atoms with Crippen LogP contribution in [0.3, 0.4) is 0 Å². The van der Waals surface area contributed by atoms with E-state index in [9.17, 15) is 0 Å². The van der Waals surface area contributed by atoms with Crippen LogP contribution >= 0.6 is 0 Å². The third kappa shape index (κ3) is 7.01. The maximum atomic E-state index is 3.56. The first-order chi connectivity index (χ1) is 34.7. The molecule has 70 heavy (non-hydrogen) atoms. The summed E-state index contributed by atoms with van der Waals surface area (Å²) in [4.78, 5) is 0. The van der Waals surface area contributed by atoms with Crippen molar-refractivity contribution in [2.24, 2.45) is 0 Å². The molecule has 1 N–H and O–H groups in total. The summed E-state index contributed by atoms with van der Waals surface area (Å²) in [5, 5.41) is 13.8. The summed E-state index contributed by atoms with van der Waals surface area (Å²) in [6, 6.07) is 82.9. The van der Waals surface area contributed by atoms with Gasteiger partial charge in [0.1, 0.15) is 0 Å². The van der Waals surface area contributed by atoms with Crippen LogP contribution in [0.5, 0.6) is 0 Å². The number of hydrogen-bond acceptors (Lipinski definition) is 1. The van der Waals surface area contributed by atoms with Crippen LogP contribution in [0.15, 0.2) is 255 Å². The molecule has 0 radical (unpaired) electrons. The predicted octanol–water partition coefficient (Wildman–Crippen LogP) is 18.0. The second kappa shape index (κ2) is 17.4. The van der Waals surface area contributed by atoms with E-state index in [1.165, 1.54) is 98.7 Å². The second-order valence-electron chi connectivity index (χ2n) is 18.7. The molecular formula is C69H49N. The fraction of sp³-hybridized carbons (Fsp3) is 0.0435. The van der Waals surface area contributed by atoms with Crippen molar-refractivity contribution in [3.05, 3.63) is 299 Å². The Morgan fingerprint density at radius 1 is 0.471 bits per heavy atom. The van der Waals surface area contributed by atoms with E-state index < -0.39 is 5.41 Å². The second-order valence-corrected chi connectivity index (χ2v) is 18.7. The SMILES string of the molecule is C1=Cc2c(ccc3cc(-c4ccc(N/C=C/C=C(\C=C/c5ccc6c(c5)C(c5ccccc5)(c5ccccc5)c5ccccc5-6)c5ccc6c7ccccc7c7ccccc7c6c5)cc4)ccc23)CC1. The normalized spacial score (nSPS) is 13.9. The molecule has 1 heteroatoms. The van der Waals surface area contributed by atoms with Gasteiger partial charge in [0.25, 0.3) is 0 Å². The van der Waals surface area contributed by atoms with E-state index in [1.807, 2.05) is 6.20 Å². The molecule has 0 aliphatic heterocycles. The first kappa shape index (κ1) is 41.4. The maximum absolute atomic E-state index is 3.56. The molecule has 0 unspecified atom stereocenters. The molecule has 0 aromatic heterocycles. The number of rotatable bonds is 9. The van der Waals surface area contributed by atoms with E-state index in [4.69, 9.17) is 0 Å². The van der Waals surface area contributed by atoms with E-state index in [0.717, 1.165) is 35.2 Å². The molecule has 0 saturated carbocycles. The molecular weight excluding hydrogens is 843 g/mol. The van der Waals surface area contributed by atoms with Gasteiger partial charge in [-0.15, -0.1) is 0 Å². The van der Waals surface area contributed by atoms with E-state index in [1.54, 1.807) is 0 Å². The average molecular weight is 892 g/mol. The molecule has 2 aliphatic carbocycles. The van der Waals surface area contributed by atoms with E-state index in [2.05, 4.69) is 266 Å². The summed E-state index contributed by atoms with van der Waals surface area (Å²) in [7, 11) is 0. The standard InChI is InChI=1S/C69H49N/c1-3-18-54(19-4-1)69(55-20-5-2-6-21-55)67-28-14-13-27-64(67)65-40-30-47(44-68(65)69)29-31-48(52-37-42-63-61-25-10-9-23-59(61)60-24-11-12-26-62(60)66(63)46-52)17-15-43-70-56-38-34-49(35-39-56)51-36-41-58-53(45-51)33-32-50-16-7-8-22-57(50)58/h1-6,8-15,17-46,70H,7,16H2/b31-29-,43-15+,48-17+. The lowest BCUT2D eigenvalue weighted by Crippen LogP contribution is -2.28. The number of anilines is 1. The van der Waals surface area contributed by atoms with Crippen molar-refractivity contribution < 1.29 is 0 Å². The van der Waals surface area contributed by atoms with Crippen molar-refractivity contribution in [3.8, 4) is 22.3 Å². The quantitative estimate of drug-likeness (QED) is 0.112. The summed E-state index contributed by atoms with van der Waals surface area (Å²) in [6.07, 6.45) is 17.8. The molecule has 0 bridgehead atoms. The van der Waals surface area contributed by atoms with E-state index in [0.29, 0.717) is 0 Å². The van der Waals surface area contributed by atoms with Gasteiger partial charge >= 0.3 is 0 Å².